The first kappa shape index (κ1) is 12.9. The number of nitrogens with two attached hydrogens (primary N) is 1. The van der Waals surface area contributed by atoms with Gasteiger partial charge >= 0.3 is 0 Å². The van der Waals surface area contributed by atoms with Gasteiger partial charge < -0.3 is 11.1 Å². The minimum atomic E-state index is -0.196. The van der Waals surface area contributed by atoms with Gasteiger partial charge in [0.2, 0.25) is 5.91 Å². The molecule has 1 aliphatic carbocycles. The number of amides is 1. The Labute approximate surface area is 109 Å². The molecule has 0 aliphatic heterocycles. The van der Waals surface area contributed by atoms with Gasteiger partial charge in [-0.15, -0.1) is 0 Å². The molecule has 0 saturated heterocycles. The Morgan fingerprint density at radius 1 is 1.39 bits per heavy atom. The van der Waals surface area contributed by atoms with E-state index >= 15 is 0 Å². The second-order valence-corrected chi connectivity index (χ2v) is 5.49. The normalized spacial score (nSPS) is 17.7. The number of aryl methyl sites for hydroxylation is 1. The van der Waals surface area contributed by atoms with Gasteiger partial charge in [0.05, 0.1) is 0 Å². The maximum Gasteiger partial charge on any atom is 0.230 e. The van der Waals surface area contributed by atoms with Gasteiger partial charge in [-0.1, -0.05) is 32.8 Å². The molecule has 0 unspecified atom stereocenters. The second-order valence-electron chi connectivity index (χ2n) is 5.49. The average molecular weight is 246 g/mol. The zero-order valence-electron chi connectivity index (χ0n) is 11.3. The predicted molar refractivity (Wildman–Crippen MR) is 75.4 cm³/mol. The molecule has 0 bridgehead atoms. The number of benzene rings is 1. The molecule has 1 amide bonds. The van der Waals surface area contributed by atoms with Crippen molar-refractivity contribution < 1.29 is 4.79 Å². The second kappa shape index (κ2) is 5.01. The highest BCUT2D eigenvalue weighted by Crippen LogP contribution is 2.38. The predicted octanol–water partition coefficient (Wildman–Crippen LogP) is 3.35. The molecular formula is C15H22N2O. The van der Waals surface area contributed by atoms with E-state index in [1.54, 1.807) is 0 Å². The van der Waals surface area contributed by atoms with E-state index < -0.39 is 0 Å². The summed E-state index contributed by atoms with van der Waals surface area (Å²) in [5.74, 6) is 0.128. The first-order valence-electron chi connectivity index (χ1n) is 6.75. The Morgan fingerprint density at radius 2 is 2.06 bits per heavy atom. The summed E-state index contributed by atoms with van der Waals surface area (Å²) in [6.07, 6.45) is 5.20. The monoisotopic (exact) mass is 246 g/mol. The van der Waals surface area contributed by atoms with E-state index in [0.717, 1.165) is 49.0 Å². The number of hydrogen-bond acceptors (Lipinski definition) is 2. The van der Waals surface area contributed by atoms with E-state index in [1.807, 2.05) is 18.2 Å². The molecule has 1 saturated carbocycles. The van der Waals surface area contributed by atoms with Crippen molar-refractivity contribution in [2.75, 3.05) is 11.1 Å². The lowest BCUT2D eigenvalue weighted by atomic mass is 9.88. The lowest BCUT2D eigenvalue weighted by molar-refractivity contribution is -0.124. The van der Waals surface area contributed by atoms with E-state index in [-0.39, 0.29) is 11.3 Å². The van der Waals surface area contributed by atoms with Gasteiger partial charge in [0.25, 0.3) is 0 Å². The van der Waals surface area contributed by atoms with Crippen molar-refractivity contribution in [1.29, 1.82) is 0 Å². The topological polar surface area (TPSA) is 55.1 Å². The molecule has 0 aromatic heterocycles. The molecular weight excluding hydrogens is 224 g/mol. The first-order chi connectivity index (χ1) is 8.55. The Hall–Kier alpha value is -1.51. The van der Waals surface area contributed by atoms with Crippen LogP contribution in [-0.2, 0) is 11.2 Å². The number of carbonyl (C=O) groups is 1. The third-order valence-corrected chi connectivity index (χ3v) is 4.04. The Morgan fingerprint density at radius 3 is 2.61 bits per heavy atom. The smallest absolute Gasteiger partial charge is 0.230 e. The molecule has 0 heterocycles. The van der Waals surface area contributed by atoms with Gasteiger partial charge in [0, 0.05) is 16.8 Å². The molecule has 0 spiro atoms. The minimum Gasteiger partial charge on any atom is -0.398 e. The van der Waals surface area contributed by atoms with Gasteiger partial charge in [-0.25, -0.2) is 0 Å². The minimum absolute atomic E-state index is 0.128. The first-order valence-corrected chi connectivity index (χ1v) is 6.75. The molecule has 1 aromatic carbocycles. The molecule has 1 aromatic rings. The van der Waals surface area contributed by atoms with E-state index in [9.17, 15) is 4.79 Å². The summed E-state index contributed by atoms with van der Waals surface area (Å²) in [6, 6.07) is 5.78. The van der Waals surface area contributed by atoms with Crippen LogP contribution in [0.25, 0.3) is 0 Å². The summed E-state index contributed by atoms with van der Waals surface area (Å²) < 4.78 is 0. The maximum atomic E-state index is 12.3. The maximum absolute atomic E-state index is 12.3. The molecule has 3 heteroatoms. The molecule has 18 heavy (non-hydrogen) atoms. The van der Waals surface area contributed by atoms with Crippen LogP contribution in [-0.4, -0.2) is 5.91 Å². The quantitative estimate of drug-likeness (QED) is 0.804. The summed E-state index contributed by atoms with van der Waals surface area (Å²) in [4.78, 5) is 12.3. The van der Waals surface area contributed by atoms with Crippen LogP contribution in [0.4, 0.5) is 11.4 Å². The molecule has 0 atom stereocenters. The lowest BCUT2D eigenvalue weighted by Crippen LogP contribution is -2.30. The lowest BCUT2D eigenvalue weighted by Gasteiger charge is -2.22. The highest BCUT2D eigenvalue weighted by molar-refractivity contribution is 5.95. The van der Waals surface area contributed by atoms with Crippen molar-refractivity contribution in [3.63, 3.8) is 0 Å². The fourth-order valence-electron chi connectivity index (χ4n) is 2.66. The van der Waals surface area contributed by atoms with Crippen molar-refractivity contribution in [3.8, 4) is 0 Å². The van der Waals surface area contributed by atoms with E-state index in [1.165, 1.54) is 0 Å². The van der Waals surface area contributed by atoms with Crippen LogP contribution < -0.4 is 11.1 Å². The van der Waals surface area contributed by atoms with Gasteiger partial charge in [-0.05, 0) is 37.0 Å². The standard InChI is InChI=1S/C15H22N2O/c1-3-11-6-7-12(10-13(11)16)17-14(18)15(2)8-4-5-9-15/h6-7,10H,3-5,8-9,16H2,1-2H3,(H,17,18). The van der Waals surface area contributed by atoms with E-state index in [0.29, 0.717) is 0 Å². The van der Waals surface area contributed by atoms with Crippen LogP contribution >= 0.6 is 0 Å². The molecule has 1 aliphatic rings. The number of anilines is 2. The van der Waals surface area contributed by atoms with Gasteiger partial charge in [-0.3, -0.25) is 4.79 Å². The van der Waals surface area contributed by atoms with Crippen molar-refractivity contribution in [3.05, 3.63) is 23.8 Å². The number of hydrogen-bond donors (Lipinski definition) is 2. The molecule has 3 N–H and O–H groups in total. The third kappa shape index (κ3) is 2.50. The molecule has 1 fully saturated rings. The van der Waals surface area contributed by atoms with Crippen molar-refractivity contribution in [1.82, 2.24) is 0 Å². The zero-order valence-corrected chi connectivity index (χ0v) is 11.3. The molecule has 3 nitrogen and oxygen atoms in total. The van der Waals surface area contributed by atoms with Gasteiger partial charge in [0.1, 0.15) is 0 Å². The zero-order chi connectivity index (χ0) is 13.2. The SMILES string of the molecule is CCc1ccc(NC(=O)C2(C)CCCC2)cc1N. The van der Waals surface area contributed by atoms with Crippen molar-refractivity contribution in [2.45, 2.75) is 46.0 Å². The Bertz CT molecular complexity index is 448. The highest BCUT2D eigenvalue weighted by Gasteiger charge is 2.36. The summed E-state index contributed by atoms with van der Waals surface area (Å²) in [5.41, 5.74) is 8.44. The molecule has 0 radical (unpaired) electrons. The van der Waals surface area contributed by atoms with Gasteiger partial charge in [0.15, 0.2) is 0 Å². The van der Waals surface area contributed by atoms with E-state index in [4.69, 9.17) is 5.73 Å². The third-order valence-electron chi connectivity index (χ3n) is 4.04. The van der Waals surface area contributed by atoms with Crippen LogP contribution in [0.1, 0.15) is 45.1 Å². The Balaban J connectivity index is 2.09. The fourth-order valence-corrected chi connectivity index (χ4v) is 2.66. The Kier molecular flexibility index (Phi) is 3.60. The van der Waals surface area contributed by atoms with Crippen LogP contribution in [0.15, 0.2) is 18.2 Å². The van der Waals surface area contributed by atoms with Crippen molar-refractivity contribution in [2.24, 2.45) is 5.41 Å². The van der Waals surface area contributed by atoms with Crippen LogP contribution in [0.3, 0.4) is 0 Å². The van der Waals surface area contributed by atoms with Crippen LogP contribution in [0.5, 0.6) is 0 Å². The molecule has 2 rings (SSSR count). The number of nitrogen functional groups attached to an aromatic ring is 1. The highest BCUT2D eigenvalue weighted by atomic mass is 16.2. The summed E-state index contributed by atoms with van der Waals surface area (Å²) in [5, 5.41) is 3.00. The van der Waals surface area contributed by atoms with Crippen molar-refractivity contribution >= 4 is 17.3 Å². The number of carbonyl (C=O) groups excluding carboxylic acids is 1. The average Bonchev–Trinajstić information content (AvgIpc) is 2.78. The van der Waals surface area contributed by atoms with Crippen LogP contribution in [0.2, 0.25) is 0 Å². The largest absolute Gasteiger partial charge is 0.398 e. The molecule has 98 valence electrons. The number of nitrogens with one attached hydrogen (secondary N) is 1. The summed E-state index contributed by atoms with van der Waals surface area (Å²) in [7, 11) is 0. The fraction of sp³-hybridized carbons (Fsp3) is 0.533. The summed E-state index contributed by atoms with van der Waals surface area (Å²) in [6.45, 7) is 4.13. The van der Waals surface area contributed by atoms with Crippen LogP contribution in [0, 0.1) is 5.41 Å². The number of rotatable bonds is 3. The van der Waals surface area contributed by atoms with E-state index in [2.05, 4.69) is 19.2 Å². The summed E-state index contributed by atoms with van der Waals surface area (Å²) >= 11 is 0. The van der Waals surface area contributed by atoms with Gasteiger partial charge in [-0.2, -0.15) is 0 Å².